The highest BCUT2D eigenvalue weighted by molar-refractivity contribution is 8.00. The van der Waals surface area contributed by atoms with E-state index in [9.17, 15) is 29.2 Å². The number of ether oxygens (including phenoxy) is 4. The fourth-order valence-electron chi connectivity index (χ4n) is 3.35. The van der Waals surface area contributed by atoms with Crippen molar-refractivity contribution >= 4 is 64.0 Å². The van der Waals surface area contributed by atoms with Crippen molar-refractivity contribution in [2.75, 3.05) is 39.0 Å². The number of anilines is 1. The zero-order valence-electron chi connectivity index (χ0n) is 21.2. The number of thiazole rings is 1. The Kier molecular flexibility index (Phi) is 9.23. The molecule has 0 unspecified atom stereocenters. The van der Waals surface area contributed by atoms with Crippen LogP contribution in [0.5, 0.6) is 0 Å². The summed E-state index contributed by atoms with van der Waals surface area (Å²) in [6.07, 6.45) is -0.783. The highest BCUT2D eigenvalue weighted by Gasteiger charge is 2.69. The third-order valence-corrected chi connectivity index (χ3v) is 7.21. The molecular weight excluding hydrogens is 560 g/mol. The molecule has 2 atom stereocenters. The second kappa shape index (κ2) is 12.2. The molecule has 0 spiro atoms. The predicted molar refractivity (Wildman–Crippen MR) is 136 cm³/mol. The van der Waals surface area contributed by atoms with Gasteiger partial charge in [0, 0.05) is 31.4 Å². The van der Waals surface area contributed by atoms with E-state index in [1.54, 1.807) is 13.8 Å². The minimum absolute atomic E-state index is 0.0832. The van der Waals surface area contributed by atoms with Crippen LogP contribution in [0.3, 0.4) is 0 Å². The van der Waals surface area contributed by atoms with Gasteiger partial charge < -0.3 is 45.0 Å². The molecule has 2 aliphatic rings. The van der Waals surface area contributed by atoms with Crippen LogP contribution in [0.15, 0.2) is 22.3 Å². The summed E-state index contributed by atoms with van der Waals surface area (Å²) in [6, 6.07) is 0. The molecule has 1 fully saturated rings. The number of β-lactam (4-membered cyclic amide) rings is 1. The van der Waals surface area contributed by atoms with Gasteiger partial charge >= 0.3 is 18.2 Å². The fourth-order valence-corrected chi connectivity index (χ4v) is 5.25. The van der Waals surface area contributed by atoms with Gasteiger partial charge in [0.25, 0.3) is 11.8 Å². The lowest BCUT2D eigenvalue weighted by molar-refractivity contribution is -0.178. The van der Waals surface area contributed by atoms with Crippen LogP contribution in [0, 0.1) is 0 Å². The molecule has 0 aliphatic carbocycles. The lowest BCUT2D eigenvalue weighted by Gasteiger charge is -2.53. The first kappa shape index (κ1) is 29.5. The largest absolute Gasteiger partial charge is 0.511 e. The van der Waals surface area contributed by atoms with Gasteiger partial charge in [-0.05, 0) is 19.4 Å². The van der Waals surface area contributed by atoms with Crippen LogP contribution < -0.4 is 11.1 Å². The molecule has 1 aromatic heterocycles. The number of amides is 3. The number of nitrogen functional groups attached to an aromatic ring is 1. The van der Waals surface area contributed by atoms with Gasteiger partial charge in [0.1, 0.15) is 17.7 Å². The summed E-state index contributed by atoms with van der Waals surface area (Å²) >= 11 is 2.05. The molecule has 0 aromatic carbocycles. The maximum absolute atomic E-state index is 13.3. The SMILES string of the molecule is CC(C)OC(=O)OCOC(=O)[C@@]1(NC(=O)/C(=N\O)c2csc(N)n2)C(=O)N2C=C(COC(=O)N(C)C)CS[C@H]21. The summed E-state index contributed by atoms with van der Waals surface area (Å²) in [5, 5.41) is 15.1. The highest BCUT2D eigenvalue weighted by atomic mass is 32.2. The molecule has 3 rings (SSSR count). The van der Waals surface area contributed by atoms with Gasteiger partial charge in [-0.25, -0.2) is 19.4 Å². The molecule has 1 saturated heterocycles. The van der Waals surface area contributed by atoms with E-state index >= 15 is 0 Å². The van der Waals surface area contributed by atoms with Gasteiger partial charge in [0.05, 0.1) is 6.10 Å². The molecular formula is C21H26N6O10S2. The van der Waals surface area contributed by atoms with Crippen LogP contribution in [0.25, 0.3) is 0 Å². The monoisotopic (exact) mass is 586 g/mol. The Labute approximate surface area is 230 Å². The molecule has 16 nitrogen and oxygen atoms in total. The molecule has 212 valence electrons. The number of aromatic nitrogens is 1. The van der Waals surface area contributed by atoms with Gasteiger partial charge in [-0.2, -0.15) is 0 Å². The Morgan fingerprint density at radius 1 is 1.31 bits per heavy atom. The molecule has 18 heteroatoms. The Hall–Kier alpha value is -4.06. The topological polar surface area (TPSA) is 212 Å². The van der Waals surface area contributed by atoms with E-state index in [0.29, 0.717) is 5.57 Å². The molecule has 0 bridgehead atoms. The van der Waals surface area contributed by atoms with Crippen LogP contribution in [-0.4, -0.2) is 106 Å². The summed E-state index contributed by atoms with van der Waals surface area (Å²) in [6.45, 7) is 2.15. The number of oxime groups is 1. The van der Waals surface area contributed by atoms with Crippen molar-refractivity contribution in [1.82, 2.24) is 20.1 Å². The van der Waals surface area contributed by atoms with Crippen molar-refractivity contribution < 1.29 is 48.1 Å². The number of thioether (sulfide) groups is 1. The van der Waals surface area contributed by atoms with E-state index < -0.39 is 59.6 Å². The van der Waals surface area contributed by atoms with Gasteiger partial charge in [-0.1, -0.05) is 5.16 Å². The second-order valence-electron chi connectivity index (χ2n) is 8.50. The van der Waals surface area contributed by atoms with Crippen LogP contribution in [0.2, 0.25) is 0 Å². The van der Waals surface area contributed by atoms with Gasteiger partial charge in [-0.15, -0.1) is 23.1 Å². The third-order valence-electron chi connectivity index (χ3n) is 5.10. The van der Waals surface area contributed by atoms with E-state index in [0.717, 1.165) is 23.1 Å². The van der Waals surface area contributed by atoms with Crippen molar-refractivity contribution in [3.05, 3.63) is 22.8 Å². The molecule has 3 amide bonds. The Bertz CT molecular complexity index is 1220. The zero-order valence-corrected chi connectivity index (χ0v) is 22.9. The van der Waals surface area contributed by atoms with E-state index in [2.05, 4.69) is 15.5 Å². The first-order valence-corrected chi connectivity index (χ1v) is 13.1. The predicted octanol–water partition coefficient (Wildman–Crippen LogP) is 0.318. The zero-order chi connectivity index (χ0) is 28.9. The Morgan fingerprint density at radius 3 is 2.62 bits per heavy atom. The number of nitrogens with one attached hydrogen (secondary N) is 1. The average molecular weight is 587 g/mol. The Morgan fingerprint density at radius 2 is 2.03 bits per heavy atom. The number of nitrogens with two attached hydrogens (primary N) is 1. The maximum atomic E-state index is 13.3. The lowest BCUT2D eigenvalue weighted by atomic mass is 9.87. The Balaban J connectivity index is 1.81. The van der Waals surface area contributed by atoms with Crippen LogP contribution in [0.4, 0.5) is 14.7 Å². The summed E-state index contributed by atoms with van der Waals surface area (Å²) in [4.78, 5) is 69.3. The number of hydrogen-bond acceptors (Lipinski definition) is 15. The molecule has 4 N–H and O–H groups in total. The summed E-state index contributed by atoms with van der Waals surface area (Å²) in [5.41, 5.74) is 3.16. The van der Waals surface area contributed by atoms with E-state index in [4.69, 9.17) is 24.7 Å². The summed E-state index contributed by atoms with van der Waals surface area (Å²) in [7, 11) is 3.03. The summed E-state index contributed by atoms with van der Waals surface area (Å²) in [5.74, 6) is -3.03. The number of rotatable bonds is 9. The van der Waals surface area contributed by atoms with Crippen molar-refractivity contribution in [3.8, 4) is 0 Å². The first-order chi connectivity index (χ1) is 18.4. The van der Waals surface area contributed by atoms with Crippen molar-refractivity contribution in [2.45, 2.75) is 30.9 Å². The normalized spacial score (nSPS) is 20.3. The molecule has 0 radical (unpaired) electrons. The van der Waals surface area contributed by atoms with Gasteiger partial charge in [0.2, 0.25) is 12.3 Å². The standard InChI is InChI=1S/C21H26N6O10S2/c1-10(2)37-20(32)36-9-35-17(30)21(24-14(28)13(25-33)12-8-39-18(22)23-12)15(29)27-5-11(7-38-16(21)27)6-34-19(31)26(3)4/h5,8,10,16,33H,6-7,9H2,1-4H3,(H2,22,23)(H,24,28)/b25-13-/t16-,21+/m0/s1. The average Bonchev–Trinajstić information content (AvgIpc) is 3.30. The fraction of sp³-hybridized carbons (Fsp3) is 0.476. The van der Waals surface area contributed by atoms with Crippen molar-refractivity contribution in [3.63, 3.8) is 0 Å². The number of carbonyl (C=O) groups is 5. The third kappa shape index (κ3) is 6.33. The van der Waals surface area contributed by atoms with E-state index in [1.807, 2.05) is 0 Å². The van der Waals surface area contributed by atoms with Gasteiger partial charge in [0.15, 0.2) is 10.8 Å². The van der Waals surface area contributed by atoms with Crippen molar-refractivity contribution in [2.24, 2.45) is 5.16 Å². The molecule has 2 aliphatic heterocycles. The second-order valence-corrected chi connectivity index (χ2v) is 10.5. The minimum atomic E-state index is -2.28. The highest BCUT2D eigenvalue weighted by Crippen LogP contribution is 2.44. The molecule has 1 aromatic rings. The number of esters is 1. The quantitative estimate of drug-likeness (QED) is 0.0520. The van der Waals surface area contributed by atoms with E-state index in [-0.39, 0.29) is 23.2 Å². The number of hydrogen-bond donors (Lipinski definition) is 3. The maximum Gasteiger partial charge on any atom is 0.511 e. The minimum Gasteiger partial charge on any atom is -0.445 e. The van der Waals surface area contributed by atoms with Crippen LogP contribution in [0.1, 0.15) is 19.5 Å². The van der Waals surface area contributed by atoms with Gasteiger partial charge in [-0.3, -0.25) is 9.59 Å². The van der Waals surface area contributed by atoms with Crippen LogP contribution >= 0.6 is 23.1 Å². The number of carbonyl (C=O) groups excluding carboxylic acids is 5. The first-order valence-electron chi connectivity index (χ1n) is 11.1. The number of nitrogens with zero attached hydrogens (tertiary/aromatic N) is 4. The van der Waals surface area contributed by atoms with Crippen molar-refractivity contribution in [1.29, 1.82) is 0 Å². The lowest BCUT2D eigenvalue weighted by Crippen LogP contribution is -2.82. The molecule has 39 heavy (non-hydrogen) atoms. The number of fused-ring (bicyclic) bond motifs is 1. The smallest absolute Gasteiger partial charge is 0.445 e. The summed E-state index contributed by atoms with van der Waals surface area (Å²) < 4.78 is 19.6. The molecule has 0 saturated carbocycles. The molecule has 3 heterocycles. The van der Waals surface area contributed by atoms with E-state index in [1.165, 1.54) is 35.5 Å². The van der Waals surface area contributed by atoms with Crippen LogP contribution in [-0.2, 0) is 33.3 Å².